The van der Waals surface area contributed by atoms with Gasteiger partial charge in [-0.15, -0.1) is 0 Å². The van der Waals surface area contributed by atoms with Crippen LogP contribution in [0.1, 0.15) is 24.1 Å². The number of carbonyl (C=O) groups is 1. The second-order valence-electron chi connectivity index (χ2n) is 8.00. The molecule has 1 aromatic carbocycles. The molecule has 1 fully saturated rings. The molecule has 0 unspecified atom stereocenters. The minimum absolute atomic E-state index is 0.0468. The second kappa shape index (κ2) is 8.88. The first-order valence-electron chi connectivity index (χ1n) is 10.3. The van der Waals surface area contributed by atoms with Crippen LogP contribution in [0.2, 0.25) is 10.0 Å². The monoisotopic (exact) mass is 617 g/mol. The molecule has 0 aliphatic carbocycles. The summed E-state index contributed by atoms with van der Waals surface area (Å²) in [7, 11) is 0. The third-order valence-corrected chi connectivity index (χ3v) is 7.71. The number of aromatic nitrogens is 2. The van der Waals surface area contributed by atoms with E-state index in [2.05, 4.69) is 41.8 Å². The highest BCUT2D eigenvalue weighted by Crippen LogP contribution is 2.40. The zero-order chi connectivity index (χ0) is 23.4. The minimum atomic E-state index is -0.653. The zero-order valence-electron chi connectivity index (χ0n) is 17.4. The van der Waals surface area contributed by atoms with Crippen LogP contribution < -0.4 is 10.6 Å². The largest absolute Gasteiger partial charge is 0.421 e. The number of hydrogen-bond acceptors (Lipinski definition) is 7. The number of nitrogens with two attached hydrogens (primary N) is 1. The van der Waals surface area contributed by atoms with Gasteiger partial charge in [0.25, 0.3) is 11.9 Å². The van der Waals surface area contributed by atoms with Crippen molar-refractivity contribution in [1.29, 1.82) is 0 Å². The Morgan fingerprint density at radius 2 is 2.00 bits per heavy atom. The number of fused-ring (bicyclic) bond motifs is 2. The molecule has 2 atom stereocenters. The van der Waals surface area contributed by atoms with E-state index in [0.717, 1.165) is 11.1 Å². The van der Waals surface area contributed by atoms with E-state index in [9.17, 15) is 4.79 Å². The van der Waals surface area contributed by atoms with Crippen molar-refractivity contribution < 1.29 is 13.9 Å². The maximum atomic E-state index is 13.5. The fourth-order valence-corrected chi connectivity index (χ4v) is 6.57. The van der Waals surface area contributed by atoms with Gasteiger partial charge in [-0.25, -0.2) is 4.98 Å². The molecule has 4 heterocycles. The van der Waals surface area contributed by atoms with Crippen LogP contribution in [-0.4, -0.2) is 53.1 Å². The number of anilines is 2. The van der Waals surface area contributed by atoms with Crippen LogP contribution in [0.3, 0.4) is 0 Å². The summed E-state index contributed by atoms with van der Waals surface area (Å²) in [6, 6.07) is 3.50. The summed E-state index contributed by atoms with van der Waals surface area (Å²) in [6.45, 7) is 3.81. The molecule has 1 amide bonds. The fraction of sp³-hybridized carbons (Fsp3) is 0.381. The molecule has 2 aliphatic heterocycles. The van der Waals surface area contributed by atoms with Gasteiger partial charge in [0.15, 0.2) is 11.7 Å². The van der Waals surface area contributed by atoms with E-state index >= 15 is 0 Å². The number of nitrogen functional groups attached to an aromatic ring is 1. The zero-order valence-corrected chi connectivity index (χ0v) is 22.1. The number of rotatable bonds is 2. The average molecular weight is 620 g/mol. The SMILES string of the molecule is C[C@H]1c2c(Cl)cc(Cl)cc2CCN1C(=O)[C@H]1CN(c2c(Br)nc(Br)c3nc(N)oc23)CCO1. The predicted octanol–water partition coefficient (Wildman–Crippen LogP) is 4.99. The third-order valence-electron chi connectivity index (χ3n) is 6.07. The van der Waals surface area contributed by atoms with Crippen molar-refractivity contribution in [2.45, 2.75) is 25.5 Å². The van der Waals surface area contributed by atoms with E-state index in [0.29, 0.717) is 68.7 Å². The lowest BCUT2D eigenvalue weighted by Crippen LogP contribution is -2.53. The van der Waals surface area contributed by atoms with Gasteiger partial charge in [-0.2, -0.15) is 4.98 Å². The summed E-state index contributed by atoms with van der Waals surface area (Å²) < 4.78 is 12.7. The van der Waals surface area contributed by atoms with Gasteiger partial charge in [0, 0.05) is 23.1 Å². The summed E-state index contributed by atoms with van der Waals surface area (Å²) in [6.07, 6.45) is 0.0297. The summed E-state index contributed by atoms with van der Waals surface area (Å²) >= 11 is 19.6. The Bertz CT molecular complexity index is 1270. The highest BCUT2D eigenvalue weighted by atomic mass is 79.9. The predicted molar refractivity (Wildman–Crippen MR) is 134 cm³/mol. The van der Waals surface area contributed by atoms with Crippen molar-refractivity contribution in [3.8, 4) is 0 Å². The normalized spacial score (nSPS) is 20.9. The molecule has 2 N–H and O–H groups in total. The lowest BCUT2D eigenvalue weighted by molar-refractivity contribution is -0.147. The van der Waals surface area contributed by atoms with Crippen molar-refractivity contribution in [3.05, 3.63) is 42.5 Å². The van der Waals surface area contributed by atoms with E-state index in [4.69, 9.17) is 38.1 Å². The summed E-state index contributed by atoms with van der Waals surface area (Å²) in [4.78, 5) is 26.1. The van der Waals surface area contributed by atoms with Crippen LogP contribution in [0.15, 0.2) is 25.8 Å². The second-order valence-corrected chi connectivity index (χ2v) is 10.3. The molecular weight excluding hydrogens is 601 g/mol. The number of oxazole rings is 1. The lowest BCUT2D eigenvalue weighted by atomic mass is 9.93. The van der Waals surface area contributed by atoms with Gasteiger partial charge < -0.3 is 24.7 Å². The van der Waals surface area contributed by atoms with Gasteiger partial charge in [-0.3, -0.25) is 4.79 Å². The molecule has 3 aromatic rings. The molecule has 174 valence electrons. The maximum Gasteiger partial charge on any atom is 0.293 e. The first-order chi connectivity index (χ1) is 15.7. The summed E-state index contributed by atoms with van der Waals surface area (Å²) in [5, 5.41) is 1.17. The van der Waals surface area contributed by atoms with E-state index < -0.39 is 6.10 Å². The lowest BCUT2D eigenvalue weighted by Gasteiger charge is -2.40. The molecular formula is C21H19Br2Cl2N5O3. The van der Waals surface area contributed by atoms with Crippen LogP contribution in [0.4, 0.5) is 11.7 Å². The number of morpholine rings is 1. The molecule has 0 radical (unpaired) electrons. The quantitative estimate of drug-likeness (QED) is 0.404. The molecule has 0 spiro atoms. The standard InChI is InChI=1S/C21H19Br2Cl2N5O3/c1-9-14-10(6-11(24)7-12(14)25)2-3-30(9)20(31)13-8-29(4-5-32-13)16-17-15(27-21(26)33-17)18(22)28-19(16)23/h6-7,9,13H,2-5,8H2,1H3,(H2,26,27)/t9-,13+/m0/s1. The molecule has 2 aromatic heterocycles. The van der Waals surface area contributed by atoms with Crippen molar-refractivity contribution in [2.75, 3.05) is 36.9 Å². The number of benzene rings is 1. The molecule has 0 bridgehead atoms. The molecule has 12 heteroatoms. The number of halogens is 4. The molecule has 33 heavy (non-hydrogen) atoms. The Balaban J connectivity index is 1.42. The van der Waals surface area contributed by atoms with Crippen molar-refractivity contribution in [2.24, 2.45) is 0 Å². The van der Waals surface area contributed by atoms with Crippen molar-refractivity contribution >= 4 is 83.8 Å². The maximum absolute atomic E-state index is 13.5. The van der Waals surface area contributed by atoms with E-state index in [1.54, 1.807) is 6.07 Å². The highest BCUT2D eigenvalue weighted by Gasteiger charge is 2.37. The van der Waals surface area contributed by atoms with Crippen LogP contribution in [0.25, 0.3) is 11.1 Å². The van der Waals surface area contributed by atoms with Gasteiger partial charge in [-0.05, 0) is 68.5 Å². The smallest absolute Gasteiger partial charge is 0.293 e. The Kier molecular flexibility index (Phi) is 6.24. The highest BCUT2D eigenvalue weighted by molar-refractivity contribution is 9.11. The molecule has 1 saturated heterocycles. The minimum Gasteiger partial charge on any atom is -0.421 e. The third kappa shape index (κ3) is 4.10. The number of hydrogen-bond donors (Lipinski definition) is 1. The summed E-state index contributed by atoms with van der Waals surface area (Å²) in [5.41, 5.74) is 9.51. The molecule has 5 rings (SSSR count). The van der Waals surface area contributed by atoms with E-state index in [-0.39, 0.29) is 18.0 Å². The Hall–Kier alpha value is -1.59. The van der Waals surface area contributed by atoms with Crippen LogP contribution in [0.5, 0.6) is 0 Å². The first-order valence-corrected chi connectivity index (χ1v) is 12.6. The number of amides is 1. The topological polar surface area (TPSA) is 97.7 Å². The number of nitrogens with zero attached hydrogens (tertiary/aromatic N) is 4. The van der Waals surface area contributed by atoms with Crippen LogP contribution >= 0.6 is 55.1 Å². The Morgan fingerprint density at radius 1 is 1.21 bits per heavy atom. The van der Waals surface area contributed by atoms with Crippen LogP contribution in [0, 0.1) is 0 Å². The van der Waals surface area contributed by atoms with Gasteiger partial charge in [-0.1, -0.05) is 23.2 Å². The summed E-state index contributed by atoms with van der Waals surface area (Å²) in [5.74, 6) is -0.0848. The van der Waals surface area contributed by atoms with Gasteiger partial charge >= 0.3 is 0 Å². The molecule has 0 saturated carbocycles. The van der Waals surface area contributed by atoms with E-state index in [1.165, 1.54) is 0 Å². The van der Waals surface area contributed by atoms with Crippen molar-refractivity contribution in [1.82, 2.24) is 14.9 Å². The van der Waals surface area contributed by atoms with Gasteiger partial charge in [0.05, 0.1) is 19.2 Å². The number of pyridine rings is 1. The van der Waals surface area contributed by atoms with Gasteiger partial charge in [0.1, 0.15) is 20.4 Å². The van der Waals surface area contributed by atoms with Crippen LogP contribution in [-0.2, 0) is 16.0 Å². The van der Waals surface area contributed by atoms with E-state index in [1.807, 2.05) is 22.8 Å². The molecule has 2 aliphatic rings. The number of ether oxygens (including phenoxy) is 1. The first kappa shape index (κ1) is 23.2. The number of carbonyl (C=O) groups excluding carboxylic acids is 1. The Labute approximate surface area is 216 Å². The average Bonchev–Trinajstić information content (AvgIpc) is 3.15. The fourth-order valence-electron chi connectivity index (χ4n) is 4.59. The Morgan fingerprint density at radius 3 is 2.79 bits per heavy atom. The van der Waals surface area contributed by atoms with Crippen molar-refractivity contribution in [3.63, 3.8) is 0 Å². The molecule has 8 nitrogen and oxygen atoms in total. The van der Waals surface area contributed by atoms with Gasteiger partial charge in [0.2, 0.25) is 0 Å².